The molecule has 6 heteroatoms. The third kappa shape index (κ3) is 5.71. The van der Waals surface area contributed by atoms with Crippen LogP contribution in [0.3, 0.4) is 0 Å². The van der Waals surface area contributed by atoms with Gasteiger partial charge < -0.3 is 15.1 Å². The van der Waals surface area contributed by atoms with Crippen LogP contribution >= 0.6 is 11.6 Å². The Morgan fingerprint density at radius 2 is 2.04 bits per heavy atom. The Bertz CT molecular complexity index is 631. The van der Waals surface area contributed by atoms with Crippen LogP contribution in [0, 0.1) is 5.92 Å². The molecule has 26 heavy (non-hydrogen) atoms. The van der Waals surface area contributed by atoms with Gasteiger partial charge in [-0.15, -0.1) is 0 Å². The second kappa shape index (κ2) is 9.93. The van der Waals surface area contributed by atoms with E-state index in [1.807, 2.05) is 13.8 Å². The third-order valence-electron chi connectivity index (χ3n) is 5.04. The van der Waals surface area contributed by atoms with Gasteiger partial charge in [0.1, 0.15) is 0 Å². The van der Waals surface area contributed by atoms with Gasteiger partial charge in [0.25, 0.3) is 5.91 Å². The van der Waals surface area contributed by atoms with Crippen molar-refractivity contribution in [1.29, 1.82) is 0 Å². The number of nitrogens with one attached hydrogen (secondary N) is 1. The largest absolute Gasteiger partial charge is 0.339 e. The summed E-state index contributed by atoms with van der Waals surface area (Å²) in [7, 11) is 2.13. The summed E-state index contributed by atoms with van der Waals surface area (Å²) >= 11 is 6.21. The third-order valence-corrected chi connectivity index (χ3v) is 5.37. The quantitative estimate of drug-likeness (QED) is 0.782. The van der Waals surface area contributed by atoms with Gasteiger partial charge in [-0.25, -0.2) is 0 Å². The van der Waals surface area contributed by atoms with Crippen LogP contribution in [0.4, 0.5) is 5.69 Å². The Morgan fingerprint density at radius 3 is 2.69 bits per heavy atom. The van der Waals surface area contributed by atoms with E-state index < -0.39 is 0 Å². The van der Waals surface area contributed by atoms with Crippen LogP contribution in [0.15, 0.2) is 18.2 Å². The van der Waals surface area contributed by atoms with Crippen molar-refractivity contribution >= 4 is 29.1 Å². The summed E-state index contributed by atoms with van der Waals surface area (Å²) in [5.74, 6) is 0.477. The normalized spacial score (nSPS) is 17.8. The zero-order valence-electron chi connectivity index (χ0n) is 16.1. The van der Waals surface area contributed by atoms with Crippen LogP contribution in [-0.2, 0) is 4.79 Å². The summed E-state index contributed by atoms with van der Waals surface area (Å²) in [4.78, 5) is 28.9. The van der Waals surface area contributed by atoms with Gasteiger partial charge in [0, 0.05) is 31.6 Å². The molecule has 1 saturated heterocycles. The van der Waals surface area contributed by atoms with Gasteiger partial charge in [-0.1, -0.05) is 11.6 Å². The summed E-state index contributed by atoms with van der Waals surface area (Å²) in [5.41, 5.74) is 1.05. The van der Waals surface area contributed by atoms with Gasteiger partial charge in [-0.05, 0) is 70.8 Å². The smallest absolute Gasteiger partial charge is 0.253 e. The Labute approximate surface area is 161 Å². The Morgan fingerprint density at radius 1 is 1.31 bits per heavy atom. The molecular formula is C20H30ClN3O2. The molecule has 0 aliphatic carbocycles. The topological polar surface area (TPSA) is 52.7 Å². The molecule has 1 N–H and O–H groups in total. The fourth-order valence-corrected chi connectivity index (χ4v) is 3.67. The molecule has 1 aliphatic heterocycles. The highest BCUT2D eigenvalue weighted by atomic mass is 35.5. The second-order valence-electron chi connectivity index (χ2n) is 7.03. The molecule has 1 aromatic rings. The number of carbonyl (C=O) groups excluding carboxylic acids is 2. The number of halogens is 1. The van der Waals surface area contributed by atoms with Gasteiger partial charge in [0.2, 0.25) is 5.91 Å². The molecule has 0 aromatic heterocycles. The highest BCUT2D eigenvalue weighted by Gasteiger charge is 2.19. The zero-order valence-corrected chi connectivity index (χ0v) is 16.8. The summed E-state index contributed by atoms with van der Waals surface area (Å²) in [6.07, 6.45) is 3.74. The number of rotatable bonds is 7. The van der Waals surface area contributed by atoms with Crippen molar-refractivity contribution in [2.24, 2.45) is 5.92 Å². The lowest BCUT2D eigenvalue weighted by atomic mass is 9.93. The van der Waals surface area contributed by atoms with Crippen molar-refractivity contribution in [2.45, 2.75) is 39.5 Å². The first-order chi connectivity index (χ1) is 12.4. The standard InChI is InChI=1S/C20H30ClN3O2/c1-4-24(5-2)20(26)16-9-10-17(21)18(13-16)22-19(25)11-8-15-7-6-12-23(3)14-15/h9-10,13,15H,4-8,11-12,14H2,1-3H3,(H,22,25)/t15-/m0/s1. The molecule has 0 bridgehead atoms. The van der Waals surface area contributed by atoms with E-state index in [-0.39, 0.29) is 11.8 Å². The first-order valence-electron chi connectivity index (χ1n) is 9.51. The van der Waals surface area contributed by atoms with Crippen LogP contribution in [0.1, 0.15) is 49.9 Å². The minimum absolute atomic E-state index is 0.0486. The number of carbonyl (C=O) groups is 2. The van der Waals surface area contributed by atoms with E-state index in [1.54, 1.807) is 23.1 Å². The highest BCUT2D eigenvalue weighted by molar-refractivity contribution is 6.33. The van der Waals surface area contributed by atoms with Crippen molar-refractivity contribution in [3.05, 3.63) is 28.8 Å². The molecule has 2 amide bonds. The van der Waals surface area contributed by atoms with Crippen LogP contribution in [0.25, 0.3) is 0 Å². The number of nitrogens with zero attached hydrogens (tertiary/aromatic N) is 2. The van der Waals surface area contributed by atoms with E-state index in [0.29, 0.717) is 41.7 Å². The monoisotopic (exact) mass is 379 g/mol. The zero-order chi connectivity index (χ0) is 19.1. The summed E-state index contributed by atoms with van der Waals surface area (Å²) in [6.45, 7) is 7.39. The minimum Gasteiger partial charge on any atom is -0.339 e. The average molecular weight is 380 g/mol. The van der Waals surface area contributed by atoms with Gasteiger partial charge in [-0.2, -0.15) is 0 Å². The lowest BCUT2D eigenvalue weighted by molar-refractivity contribution is -0.116. The van der Waals surface area contributed by atoms with Crippen molar-refractivity contribution in [3.63, 3.8) is 0 Å². The van der Waals surface area contributed by atoms with Crippen LogP contribution < -0.4 is 5.32 Å². The number of likely N-dealkylation sites (tertiary alicyclic amines) is 1. The SMILES string of the molecule is CCN(CC)C(=O)c1ccc(Cl)c(NC(=O)CC[C@@H]2CCCN(C)C2)c1. The molecule has 1 aromatic carbocycles. The van der Waals surface area contributed by atoms with Gasteiger partial charge in [-0.3, -0.25) is 9.59 Å². The maximum absolute atomic E-state index is 12.5. The molecule has 2 rings (SSSR count). The maximum atomic E-state index is 12.5. The highest BCUT2D eigenvalue weighted by Crippen LogP contribution is 2.25. The van der Waals surface area contributed by atoms with Gasteiger partial charge in [0.15, 0.2) is 0 Å². The van der Waals surface area contributed by atoms with E-state index in [9.17, 15) is 9.59 Å². The molecule has 0 radical (unpaired) electrons. The molecular weight excluding hydrogens is 350 g/mol. The number of anilines is 1. The number of hydrogen-bond acceptors (Lipinski definition) is 3. The van der Waals surface area contributed by atoms with Crippen molar-refractivity contribution in [2.75, 3.05) is 38.5 Å². The molecule has 1 aliphatic rings. The summed E-state index contributed by atoms with van der Waals surface area (Å²) in [6, 6.07) is 5.05. The number of hydrogen-bond donors (Lipinski definition) is 1. The van der Waals surface area contributed by atoms with Crippen LogP contribution in [0.5, 0.6) is 0 Å². The molecule has 144 valence electrons. The fraction of sp³-hybridized carbons (Fsp3) is 0.600. The molecule has 0 unspecified atom stereocenters. The van der Waals surface area contributed by atoms with E-state index >= 15 is 0 Å². The molecule has 0 spiro atoms. The number of amides is 2. The van der Waals surface area contributed by atoms with Gasteiger partial charge in [0.05, 0.1) is 10.7 Å². The first kappa shape index (κ1) is 20.7. The first-order valence-corrected chi connectivity index (χ1v) is 9.89. The predicted octanol–water partition coefficient (Wildman–Crippen LogP) is 3.88. The van der Waals surface area contributed by atoms with E-state index in [1.165, 1.54) is 12.8 Å². The van der Waals surface area contributed by atoms with Crippen molar-refractivity contribution in [3.8, 4) is 0 Å². The Hall–Kier alpha value is -1.59. The molecule has 1 atom stereocenters. The summed E-state index contributed by atoms with van der Waals surface area (Å²) in [5, 5.41) is 3.33. The molecule has 1 heterocycles. The molecule has 1 fully saturated rings. The number of piperidine rings is 1. The maximum Gasteiger partial charge on any atom is 0.253 e. The molecule has 0 saturated carbocycles. The molecule has 5 nitrogen and oxygen atoms in total. The van der Waals surface area contributed by atoms with Gasteiger partial charge >= 0.3 is 0 Å². The van der Waals surface area contributed by atoms with E-state index in [2.05, 4.69) is 17.3 Å². The van der Waals surface area contributed by atoms with Crippen molar-refractivity contribution in [1.82, 2.24) is 9.80 Å². The summed E-state index contributed by atoms with van der Waals surface area (Å²) < 4.78 is 0. The lowest BCUT2D eigenvalue weighted by Gasteiger charge is -2.29. The van der Waals surface area contributed by atoms with Crippen molar-refractivity contribution < 1.29 is 9.59 Å². The number of benzene rings is 1. The Balaban J connectivity index is 1.96. The van der Waals surface area contributed by atoms with Crippen LogP contribution in [0.2, 0.25) is 5.02 Å². The average Bonchev–Trinajstić information content (AvgIpc) is 2.63. The predicted molar refractivity (Wildman–Crippen MR) is 107 cm³/mol. The second-order valence-corrected chi connectivity index (χ2v) is 7.44. The van der Waals surface area contributed by atoms with E-state index in [0.717, 1.165) is 19.5 Å². The fourth-order valence-electron chi connectivity index (χ4n) is 3.50. The van der Waals surface area contributed by atoms with E-state index in [4.69, 9.17) is 11.6 Å². The van der Waals surface area contributed by atoms with Crippen LogP contribution in [-0.4, -0.2) is 54.8 Å². The lowest BCUT2D eigenvalue weighted by Crippen LogP contribution is -2.32. The Kier molecular flexibility index (Phi) is 7.91. The minimum atomic E-state index is -0.0487.